The van der Waals surface area contributed by atoms with Gasteiger partial charge >= 0.3 is 6.18 Å². The first-order valence-electron chi connectivity index (χ1n) is 9.36. The Morgan fingerprint density at radius 3 is 2.21 bits per heavy atom. The van der Waals surface area contributed by atoms with E-state index in [0.717, 1.165) is 24.2 Å². The number of sulfone groups is 1. The smallest absolute Gasteiger partial charge is 0.326 e. The van der Waals surface area contributed by atoms with Crippen molar-refractivity contribution in [3.63, 3.8) is 0 Å². The molecule has 12 heteroatoms. The predicted molar refractivity (Wildman–Crippen MR) is 118 cm³/mol. The number of benzene rings is 2. The number of aromatic nitrogens is 2. The van der Waals surface area contributed by atoms with Crippen LogP contribution in [0, 0.1) is 0 Å². The van der Waals surface area contributed by atoms with Crippen LogP contribution in [0.5, 0.6) is 0 Å². The molecule has 174 valence electrons. The highest BCUT2D eigenvalue weighted by Crippen LogP contribution is 2.34. The maximum Gasteiger partial charge on any atom is 0.408 e. The van der Waals surface area contributed by atoms with Crippen LogP contribution in [-0.2, 0) is 21.2 Å². The number of nitrogens with one attached hydrogen (secondary N) is 1. The van der Waals surface area contributed by atoms with Crippen molar-refractivity contribution in [2.24, 2.45) is 0 Å². The Balaban J connectivity index is 2.07. The number of anilines is 1. The summed E-state index contributed by atoms with van der Waals surface area (Å²) in [5.74, 6) is -0.264. The summed E-state index contributed by atoms with van der Waals surface area (Å²) in [4.78, 5) is 24.7. The fourth-order valence-electron chi connectivity index (χ4n) is 2.87. The molecule has 1 aromatic heterocycles. The lowest BCUT2D eigenvalue weighted by atomic mass is 10.1. The van der Waals surface area contributed by atoms with E-state index in [1.807, 2.05) is 0 Å². The van der Waals surface area contributed by atoms with E-state index in [9.17, 15) is 31.2 Å². The number of alkyl halides is 3. The summed E-state index contributed by atoms with van der Waals surface area (Å²) in [6, 6.07) is 12.0. The van der Waals surface area contributed by atoms with Crippen molar-refractivity contribution in [3.05, 3.63) is 65.1 Å². The van der Waals surface area contributed by atoms with Gasteiger partial charge in [-0.05, 0) is 42.0 Å². The van der Waals surface area contributed by atoms with Crippen LogP contribution in [0.15, 0.2) is 74.2 Å². The van der Waals surface area contributed by atoms with Gasteiger partial charge < -0.3 is 5.32 Å². The SMILES string of the molecule is CC(=O)Nc1ccc(Sc2c(-c3ccc(S(C)(=O)=O)cc3)cnn(CC(F)(F)F)c2=O)cc1. The fraction of sp³-hybridized carbons (Fsp3) is 0.190. The van der Waals surface area contributed by atoms with Gasteiger partial charge in [0.25, 0.3) is 5.56 Å². The molecule has 0 aliphatic carbocycles. The van der Waals surface area contributed by atoms with Gasteiger partial charge in [-0.1, -0.05) is 23.9 Å². The summed E-state index contributed by atoms with van der Waals surface area (Å²) in [6.07, 6.45) is -2.44. The summed E-state index contributed by atoms with van der Waals surface area (Å²) in [5, 5.41) is 6.26. The van der Waals surface area contributed by atoms with Crippen molar-refractivity contribution in [1.82, 2.24) is 9.78 Å². The first-order valence-corrected chi connectivity index (χ1v) is 12.1. The Bertz CT molecular complexity index is 1340. The topological polar surface area (TPSA) is 98.1 Å². The molecule has 0 aliphatic rings. The molecular weight excluding hydrogens is 479 g/mol. The van der Waals surface area contributed by atoms with E-state index >= 15 is 0 Å². The molecule has 0 saturated heterocycles. The maximum atomic E-state index is 12.9. The number of amides is 1. The Kier molecular flexibility index (Phi) is 6.98. The van der Waals surface area contributed by atoms with Crippen molar-refractivity contribution in [2.75, 3.05) is 11.6 Å². The lowest BCUT2D eigenvalue weighted by molar-refractivity contribution is -0.143. The molecule has 1 N–H and O–H groups in total. The molecule has 3 aromatic rings. The van der Waals surface area contributed by atoms with E-state index in [-0.39, 0.29) is 21.3 Å². The van der Waals surface area contributed by atoms with Crippen LogP contribution in [0.3, 0.4) is 0 Å². The van der Waals surface area contributed by atoms with E-state index in [2.05, 4.69) is 10.4 Å². The fourth-order valence-corrected chi connectivity index (χ4v) is 4.48. The Labute approximate surface area is 191 Å². The van der Waals surface area contributed by atoms with Crippen molar-refractivity contribution in [3.8, 4) is 11.1 Å². The number of hydrogen-bond acceptors (Lipinski definition) is 6. The van der Waals surface area contributed by atoms with Gasteiger partial charge in [-0.3, -0.25) is 9.59 Å². The number of nitrogens with zero attached hydrogens (tertiary/aromatic N) is 2. The predicted octanol–water partition coefficient (Wildman–Crippen LogP) is 3.99. The highest BCUT2D eigenvalue weighted by molar-refractivity contribution is 7.99. The van der Waals surface area contributed by atoms with Crippen molar-refractivity contribution in [1.29, 1.82) is 0 Å². The third kappa shape index (κ3) is 6.45. The summed E-state index contributed by atoms with van der Waals surface area (Å²) < 4.78 is 62.5. The molecule has 0 saturated carbocycles. The molecule has 0 atom stereocenters. The van der Waals surface area contributed by atoms with E-state index < -0.39 is 28.1 Å². The Hall–Kier alpha value is -3.12. The van der Waals surface area contributed by atoms with Crippen molar-refractivity contribution in [2.45, 2.75) is 34.3 Å². The molecule has 2 aromatic carbocycles. The van der Waals surface area contributed by atoms with E-state index in [0.29, 0.717) is 20.8 Å². The van der Waals surface area contributed by atoms with Crippen molar-refractivity contribution < 1.29 is 26.4 Å². The molecule has 0 unspecified atom stereocenters. The lowest BCUT2D eigenvalue weighted by Gasteiger charge is -2.14. The second-order valence-electron chi connectivity index (χ2n) is 7.07. The van der Waals surface area contributed by atoms with Gasteiger partial charge in [0.15, 0.2) is 9.84 Å². The molecule has 33 heavy (non-hydrogen) atoms. The van der Waals surface area contributed by atoms with Crippen LogP contribution in [0.4, 0.5) is 18.9 Å². The highest BCUT2D eigenvalue weighted by atomic mass is 32.2. The number of carbonyl (C=O) groups is 1. The monoisotopic (exact) mass is 497 g/mol. The van der Waals surface area contributed by atoms with Crippen LogP contribution in [0.25, 0.3) is 11.1 Å². The maximum absolute atomic E-state index is 12.9. The molecule has 1 amide bonds. The average Bonchev–Trinajstić information content (AvgIpc) is 2.70. The van der Waals surface area contributed by atoms with Crippen LogP contribution in [0.1, 0.15) is 6.92 Å². The first kappa shape index (κ1) is 24.5. The molecule has 0 bridgehead atoms. The molecular formula is C21H18F3N3O4S2. The highest BCUT2D eigenvalue weighted by Gasteiger charge is 2.30. The second kappa shape index (κ2) is 9.40. The van der Waals surface area contributed by atoms with E-state index in [1.54, 1.807) is 24.3 Å². The Morgan fingerprint density at radius 2 is 1.70 bits per heavy atom. The molecule has 0 radical (unpaired) electrons. The minimum absolute atomic E-state index is 0.00590. The second-order valence-corrected chi connectivity index (χ2v) is 10.2. The van der Waals surface area contributed by atoms with Crippen molar-refractivity contribution >= 4 is 33.2 Å². The van der Waals surface area contributed by atoms with E-state index in [1.165, 1.54) is 31.2 Å². The zero-order valence-electron chi connectivity index (χ0n) is 17.4. The third-order valence-corrected chi connectivity index (χ3v) is 6.55. The largest absolute Gasteiger partial charge is 0.408 e. The molecule has 3 rings (SSSR count). The van der Waals surface area contributed by atoms with Gasteiger partial charge in [-0.25, -0.2) is 13.1 Å². The molecule has 1 heterocycles. The van der Waals surface area contributed by atoms with Crippen LogP contribution in [0.2, 0.25) is 0 Å². The van der Waals surface area contributed by atoms with Crippen LogP contribution >= 0.6 is 11.8 Å². The molecule has 0 fully saturated rings. The molecule has 0 aliphatic heterocycles. The van der Waals surface area contributed by atoms with Gasteiger partial charge in [0.05, 0.1) is 16.0 Å². The first-order chi connectivity index (χ1) is 15.3. The summed E-state index contributed by atoms with van der Waals surface area (Å²) in [6.45, 7) is -0.196. The number of hydrogen-bond donors (Lipinski definition) is 1. The Morgan fingerprint density at radius 1 is 1.09 bits per heavy atom. The van der Waals surface area contributed by atoms with Crippen LogP contribution in [-0.4, -0.2) is 36.5 Å². The van der Waals surface area contributed by atoms with Gasteiger partial charge in [0.2, 0.25) is 5.91 Å². The normalized spacial score (nSPS) is 11.9. The number of carbonyl (C=O) groups excluding carboxylic acids is 1. The molecule has 0 spiro atoms. The van der Waals surface area contributed by atoms with Gasteiger partial charge in [-0.15, -0.1) is 0 Å². The van der Waals surface area contributed by atoms with Gasteiger partial charge in [0, 0.05) is 29.3 Å². The number of rotatable bonds is 6. The van der Waals surface area contributed by atoms with Crippen LogP contribution < -0.4 is 10.9 Å². The quantitative estimate of drug-likeness (QED) is 0.553. The number of halogens is 3. The van der Waals surface area contributed by atoms with E-state index in [4.69, 9.17) is 0 Å². The van der Waals surface area contributed by atoms with Gasteiger partial charge in [-0.2, -0.15) is 18.3 Å². The summed E-state index contributed by atoms with van der Waals surface area (Å²) in [5.41, 5.74) is 0.263. The minimum Gasteiger partial charge on any atom is -0.326 e. The lowest BCUT2D eigenvalue weighted by Crippen LogP contribution is -2.31. The van der Waals surface area contributed by atoms with Gasteiger partial charge in [0.1, 0.15) is 6.54 Å². The summed E-state index contributed by atoms with van der Waals surface area (Å²) in [7, 11) is -3.45. The zero-order valence-corrected chi connectivity index (χ0v) is 19.0. The average molecular weight is 498 g/mol. The molecule has 7 nitrogen and oxygen atoms in total. The third-order valence-electron chi connectivity index (χ3n) is 4.32. The zero-order chi connectivity index (χ0) is 24.4. The summed E-state index contributed by atoms with van der Waals surface area (Å²) >= 11 is 0.942. The minimum atomic E-state index is -4.64. The standard InChI is InChI=1S/C21H18F3N3O4S2/c1-13(28)26-15-5-7-16(8-6-15)32-19-18(11-25-27(20(19)29)12-21(22,23)24)14-3-9-17(10-4-14)33(2,30)31/h3-11H,12H2,1-2H3,(H,26,28).